The minimum absolute atomic E-state index is 0.373. The van der Waals surface area contributed by atoms with Crippen LogP contribution < -0.4 is 9.47 Å². The van der Waals surface area contributed by atoms with Crippen molar-refractivity contribution >= 4 is 17.6 Å². The smallest absolute Gasteiger partial charge is 0.169 e. The van der Waals surface area contributed by atoms with Gasteiger partial charge in [-0.05, 0) is 45.0 Å². The Morgan fingerprint density at radius 3 is 2.39 bits per heavy atom. The predicted octanol–water partition coefficient (Wildman–Crippen LogP) is 4.37. The molecule has 0 fully saturated rings. The van der Waals surface area contributed by atoms with Crippen LogP contribution >= 0.6 is 0 Å². The molecule has 0 aliphatic carbocycles. The second-order valence-corrected chi connectivity index (χ2v) is 7.86. The first-order valence-corrected chi connectivity index (χ1v) is 8.38. The summed E-state index contributed by atoms with van der Waals surface area (Å²) < 4.78 is 26.8. The SMILES string of the molecule is COc1ccccc1Oc1cccc(/C=N/[S+]([O-])C(C)(C)C)c1. The first-order valence-electron chi connectivity index (χ1n) is 7.27. The second kappa shape index (κ2) is 7.53. The van der Waals surface area contributed by atoms with E-state index < -0.39 is 11.4 Å². The van der Waals surface area contributed by atoms with Crippen molar-refractivity contribution < 1.29 is 14.0 Å². The minimum atomic E-state index is -1.28. The van der Waals surface area contributed by atoms with Gasteiger partial charge in [0.05, 0.1) is 13.3 Å². The number of hydrogen-bond donors (Lipinski definition) is 0. The lowest BCUT2D eigenvalue weighted by Gasteiger charge is -2.17. The molecule has 0 heterocycles. The molecular formula is C18H21NO3S. The summed E-state index contributed by atoms with van der Waals surface area (Å²) in [4.78, 5) is 0. The van der Waals surface area contributed by atoms with Crippen LogP contribution in [0.1, 0.15) is 26.3 Å². The van der Waals surface area contributed by atoms with E-state index in [1.165, 1.54) is 0 Å². The molecule has 0 amide bonds. The molecule has 0 aliphatic heterocycles. The van der Waals surface area contributed by atoms with E-state index in [2.05, 4.69) is 4.40 Å². The lowest BCUT2D eigenvalue weighted by Crippen LogP contribution is -2.25. The molecule has 2 aromatic rings. The molecule has 23 heavy (non-hydrogen) atoms. The monoisotopic (exact) mass is 331 g/mol. The highest BCUT2D eigenvalue weighted by Crippen LogP contribution is 2.31. The number of rotatable bonds is 5. The van der Waals surface area contributed by atoms with Gasteiger partial charge in [-0.3, -0.25) is 0 Å². The van der Waals surface area contributed by atoms with Gasteiger partial charge in [-0.15, -0.1) is 0 Å². The molecule has 2 rings (SSSR count). The molecule has 0 aromatic heterocycles. The Morgan fingerprint density at radius 2 is 1.74 bits per heavy atom. The Hall–Kier alpha value is -1.98. The van der Waals surface area contributed by atoms with Gasteiger partial charge in [0.2, 0.25) is 0 Å². The molecule has 1 unspecified atom stereocenters. The van der Waals surface area contributed by atoms with E-state index in [1.807, 2.05) is 69.3 Å². The van der Waals surface area contributed by atoms with Crippen LogP contribution in [0.2, 0.25) is 0 Å². The minimum Gasteiger partial charge on any atom is -0.591 e. The van der Waals surface area contributed by atoms with E-state index in [9.17, 15) is 4.55 Å². The molecular weight excluding hydrogens is 310 g/mol. The van der Waals surface area contributed by atoms with Crippen LogP contribution in [0.3, 0.4) is 0 Å². The Labute approximate surface area is 140 Å². The zero-order valence-electron chi connectivity index (χ0n) is 13.8. The van der Waals surface area contributed by atoms with Crippen LogP contribution in [0, 0.1) is 0 Å². The third-order valence-electron chi connectivity index (χ3n) is 2.98. The first-order chi connectivity index (χ1) is 10.9. The van der Waals surface area contributed by atoms with Crippen molar-refractivity contribution in [2.45, 2.75) is 25.5 Å². The first kappa shape index (κ1) is 17.4. The lowest BCUT2D eigenvalue weighted by molar-refractivity contribution is 0.379. The lowest BCUT2D eigenvalue weighted by atomic mass is 10.2. The molecule has 0 bridgehead atoms. The van der Waals surface area contributed by atoms with Gasteiger partial charge in [-0.2, -0.15) is 0 Å². The topological polar surface area (TPSA) is 53.9 Å². The number of hydrogen-bond acceptors (Lipinski definition) is 4. The highest BCUT2D eigenvalue weighted by atomic mass is 32.2. The molecule has 0 aliphatic rings. The molecule has 0 saturated heterocycles. The van der Waals surface area contributed by atoms with Gasteiger partial charge in [0.15, 0.2) is 11.5 Å². The zero-order valence-corrected chi connectivity index (χ0v) is 14.6. The normalized spacial score (nSPS) is 13.1. The van der Waals surface area contributed by atoms with Gasteiger partial charge in [0, 0.05) is 5.56 Å². The van der Waals surface area contributed by atoms with E-state index in [1.54, 1.807) is 13.3 Å². The van der Waals surface area contributed by atoms with Crippen molar-refractivity contribution in [2.24, 2.45) is 4.40 Å². The maximum Gasteiger partial charge on any atom is 0.169 e. The van der Waals surface area contributed by atoms with Crippen molar-refractivity contribution in [1.29, 1.82) is 0 Å². The van der Waals surface area contributed by atoms with Crippen molar-refractivity contribution in [1.82, 2.24) is 0 Å². The van der Waals surface area contributed by atoms with Crippen LogP contribution in [0.25, 0.3) is 0 Å². The van der Waals surface area contributed by atoms with Gasteiger partial charge in [-0.25, -0.2) is 0 Å². The molecule has 2 aromatic carbocycles. The maximum atomic E-state index is 12.0. The summed E-state index contributed by atoms with van der Waals surface area (Å²) in [7, 11) is 1.60. The van der Waals surface area contributed by atoms with Crippen LogP contribution in [-0.2, 0) is 11.4 Å². The highest BCUT2D eigenvalue weighted by Gasteiger charge is 2.25. The Bertz CT molecular complexity index is 680. The Morgan fingerprint density at radius 1 is 1.04 bits per heavy atom. The van der Waals surface area contributed by atoms with Gasteiger partial charge < -0.3 is 14.0 Å². The predicted molar refractivity (Wildman–Crippen MR) is 95.0 cm³/mol. The van der Waals surface area contributed by atoms with Gasteiger partial charge >= 0.3 is 0 Å². The summed E-state index contributed by atoms with van der Waals surface area (Å²) in [5.74, 6) is 1.97. The van der Waals surface area contributed by atoms with Crippen molar-refractivity contribution in [3.63, 3.8) is 0 Å². The van der Waals surface area contributed by atoms with Gasteiger partial charge in [-0.1, -0.05) is 28.7 Å². The number of nitrogens with zero attached hydrogens (tertiary/aromatic N) is 1. The molecule has 0 spiro atoms. The molecule has 1 atom stereocenters. The molecule has 0 N–H and O–H groups in total. The Kier molecular flexibility index (Phi) is 5.69. The molecule has 0 saturated carbocycles. The van der Waals surface area contributed by atoms with Gasteiger partial charge in [0.1, 0.15) is 21.9 Å². The number of methoxy groups -OCH3 is 1. The van der Waals surface area contributed by atoms with Crippen LogP contribution in [0.5, 0.6) is 17.2 Å². The summed E-state index contributed by atoms with van der Waals surface area (Å²) in [6.07, 6.45) is 1.61. The summed E-state index contributed by atoms with van der Waals surface area (Å²) in [6, 6.07) is 14.9. The maximum absolute atomic E-state index is 12.0. The number of ether oxygens (including phenoxy) is 2. The van der Waals surface area contributed by atoms with Crippen LogP contribution in [0.15, 0.2) is 52.9 Å². The van der Waals surface area contributed by atoms with E-state index in [0.717, 1.165) is 5.56 Å². The third kappa shape index (κ3) is 5.01. The number of para-hydroxylation sites is 2. The van der Waals surface area contributed by atoms with Crippen LogP contribution in [0.4, 0.5) is 0 Å². The van der Waals surface area contributed by atoms with Crippen molar-refractivity contribution in [3.05, 3.63) is 54.1 Å². The quantitative estimate of drug-likeness (QED) is 0.604. The molecule has 122 valence electrons. The molecule has 0 radical (unpaired) electrons. The largest absolute Gasteiger partial charge is 0.591 e. The highest BCUT2D eigenvalue weighted by molar-refractivity contribution is 7.91. The van der Waals surface area contributed by atoms with Crippen molar-refractivity contribution in [2.75, 3.05) is 7.11 Å². The zero-order chi connectivity index (χ0) is 16.9. The van der Waals surface area contributed by atoms with E-state index in [-0.39, 0.29) is 4.75 Å². The van der Waals surface area contributed by atoms with E-state index in [0.29, 0.717) is 17.2 Å². The van der Waals surface area contributed by atoms with Crippen molar-refractivity contribution in [3.8, 4) is 17.2 Å². The van der Waals surface area contributed by atoms with E-state index in [4.69, 9.17) is 9.47 Å². The average molecular weight is 331 g/mol. The molecule has 5 heteroatoms. The summed E-state index contributed by atoms with van der Waals surface area (Å²) in [5, 5.41) is 0. The van der Waals surface area contributed by atoms with Gasteiger partial charge in [0.25, 0.3) is 0 Å². The Balaban J connectivity index is 2.16. The summed E-state index contributed by atoms with van der Waals surface area (Å²) in [5.41, 5.74) is 0.829. The third-order valence-corrected chi connectivity index (χ3v) is 4.32. The fourth-order valence-corrected chi connectivity index (χ4v) is 2.29. The standard InChI is InChI=1S/C18H21NO3S/c1-18(2,3)23(20)19-13-14-8-7-9-15(12-14)22-17-11-6-5-10-16(17)21-4/h5-13H,1-4H3/b19-13+. The average Bonchev–Trinajstić information content (AvgIpc) is 2.52. The fourth-order valence-electron chi connectivity index (χ4n) is 1.76. The molecule has 4 nitrogen and oxygen atoms in total. The number of benzene rings is 2. The fraction of sp³-hybridized carbons (Fsp3) is 0.278. The summed E-state index contributed by atoms with van der Waals surface area (Å²) >= 11 is -1.28. The van der Waals surface area contributed by atoms with Crippen LogP contribution in [-0.4, -0.2) is 22.6 Å². The van der Waals surface area contributed by atoms with E-state index >= 15 is 0 Å². The second-order valence-electron chi connectivity index (χ2n) is 5.92. The summed E-state index contributed by atoms with van der Waals surface area (Å²) in [6.45, 7) is 5.67.